The van der Waals surface area contributed by atoms with Crippen molar-refractivity contribution in [2.75, 3.05) is 5.32 Å². The molecule has 3 aromatic rings. The summed E-state index contributed by atoms with van der Waals surface area (Å²) in [4.78, 5) is 8.75. The average Bonchev–Trinajstić information content (AvgIpc) is 2.77. The Hall–Kier alpha value is -2.07. The molecule has 0 atom stereocenters. The molecule has 0 spiro atoms. The number of aryl methyl sites for hydroxylation is 2. The zero-order chi connectivity index (χ0) is 14.1. The lowest BCUT2D eigenvalue weighted by atomic mass is 10.3. The number of aromatic nitrogens is 3. The number of benzene rings is 1. The summed E-state index contributed by atoms with van der Waals surface area (Å²) in [5.74, 6) is 0.985. The maximum Gasteiger partial charge on any atom is 0.132 e. The van der Waals surface area contributed by atoms with Crippen LogP contribution in [-0.4, -0.2) is 14.5 Å². The minimum absolute atomic E-state index is 0.540. The fourth-order valence-corrected chi connectivity index (χ4v) is 2.29. The quantitative estimate of drug-likeness (QED) is 0.749. The standard InChI is InChI=1S/C15H15ClN4/c1-10-7-11(8-18-15(10)16)17-9-14-19-12-5-3-4-6-13(12)20(14)2/h3-8,17H,9H2,1-2H3. The Morgan fingerprint density at radius 1 is 1.30 bits per heavy atom. The molecule has 0 unspecified atom stereocenters. The molecule has 0 saturated heterocycles. The third-order valence-electron chi connectivity index (χ3n) is 3.34. The lowest BCUT2D eigenvalue weighted by Gasteiger charge is -2.07. The summed E-state index contributed by atoms with van der Waals surface area (Å²) in [6, 6.07) is 10.1. The normalized spacial score (nSPS) is 10.9. The maximum absolute atomic E-state index is 5.92. The molecule has 4 nitrogen and oxygen atoms in total. The van der Waals surface area contributed by atoms with Gasteiger partial charge in [-0.15, -0.1) is 0 Å². The molecule has 0 fully saturated rings. The first-order valence-electron chi connectivity index (χ1n) is 6.41. The number of pyridine rings is 1. The number of halogens is 1. The highest BCUT2D eigenvalue weighted by Crippen LogP contribution is 2.18. The summed E-state index contributed by atoms with van der Waals surface area (Å²) in [6.45, 7) is 2.59. The number of imidazole rings is 1. The van der Waals surface area contributed by atoms with Gasteiger partial charge in [0.1, 0.15) is 11.0 Å². The molecular formula is C15H15ClN4. The first kappa shape index (κ1) is 12.9. The van der Waals surface area contributed by atoms with E-state index in [1.54, 1.807) is 6.20 Å². The Morgan fingerprint density at radius 2 is 2.10 bits per heavy atom. The fourth-order valence-electron chi connectivity index (χ4n) is 2.19. The van der Waals surface area contributed by atoms with Gasteiger partial charge in [-0.2, -0.15) is 0 Å². The summed E-state index contributed by atoms with van der Waals surface area (Å²) in [6.07, 6.45) is 1.73. The molecule has 5 heteroatoms. The van der Waals surface area contributed by atoms with Crippen LogP contribution in [0.5, 0.6) is 0 Å². The molecule has 0 amide bonds. The van der Waals surface area contributed by atoms with Gasteiger partial charge in [0, 0.05) is 7.05 Å². The summed E-state index contributed by atoms with van der Waals surface area (Å²) < 4.78 is 2.10. The Balaban J connectivity index is 1.83. The zero-order valence-electron chi connectivity index (χ0n) is 11.4. The van der Waals surface area contributed by atoms with E-state index in [4.69, 9.17) is 11.6 Å². The number of nitrogens with zero attached hydrogens (tertiary/aromatic N) is 3. The monoisotopic (exact) mass is 286 g/mol. The van der Waals surface area contributed by atoms with Gasteiger partial charge in [0.15, 0.2) is 0 Å². The predicted molar refractivity (Wildman–Crippen MR) is 82.0 cm³/mol. The molecule has 2 aromatic heterocycles. The Morgan fingerprint density at radius 3 is 2.85 bits per heavy atom. The van der Waals surface area contributed by atoms with Gasteiger partial charge >= 0.3 is 0 Å². The van der Waals surface area contributed by atoms with Crippen LogP contribution in [0.3, 0.4) is 0 Å². The van der Waals surface area contributed by atoms with Crippen LogP contribution in [0, 0.1) is 6.92 Å². The number of nitrogens with one attached hydrogen (secondary N) is 1. The van der Waals surface area contributed by atoms with Crippen LogP contribution in [0.25, 0.3) is 11.0 Å². The van der Waals surface area contributed by atoms with Crippen LogP contribution < -0.4 is 5.32 Å². The summed E-state index contributed by atoms with van der Waals surface area (Å²) in [5, 5.41) is 3.87. The van der Waals surface area contributed by atoms with Gasteiger partial charge < -0.3 is 9.88 Å². The molecular weight excluding hydrogens is 272 g/mol. The highest BCUT2D eigenvalue weighted by molar-refractivity contribution is 6.30. The second-order valence-corrected chi connectivity index (χ2v) is 5.12. The van der Waals surface area contributed by atoms with Gasteiger partial charge in [-0.25, -0.2) is 9.97 Å². The van der Waals surface area contributed by atoms with E-state index in [0.29, 0.717) is 11.7 Å². The summed E-state index contributed by atoms with van der Waals surface area (Å²) in [5.41, 5.74) is 4.05. The van der Waals surface area contributed by atoms with E-state index in [2.05, 4.69) is 25.9 Å². The number of rotatable bonds is 3. The molecule has 0 aliphatic rings. The van der Waals surface area contributed by atoms with Crippen molar-refractivity contribution >= 4 is 28.3 Å². The van der Waals surface area contributed by atoms with Crippen LogP contribution in [0.4, 0.5) is 5.69 Å². The van der Waals surface area contributed by atoms with Crippen molar-refractivity contribution in [2.45, 2.75) is 13.5 Å². The molecule has 0 radical (unpaired) electrons. The Kier molecular flexibility index (Phi) is 3.32. The molecule has 3 rings (SSSR count). The average molecular weight is 287 g/mol. The lowest BCUT2D eigenvalue weighted by Crippen LogP contribution is -2.06. The smallest absolute Gasteiger partial charge is 0.132 e. The van der Waals surface area contributed by atoms with Crippen molar-refractivity contribution in [3.05, 3.63) is 53.1 Å². The SMILES string of the molecule is Cc1cc(NCc2nc3ccccc3n2C)cnc1Cl. The molecule has 0 aliphatic carbocycles. The minimum atomic E-state index is 0.540. The number of hydrogen-bond donors (Lipinski definition) is 1. The van der Waals surface area contributed by atoms with E-state index in [1.165, 1.54) is 0 Å². The van der Waals surface area contributed by atoms with E-state index in [0.717, 1.165) is 28.1 Å². The Bertz CT molecular complexity index is 764. The van der Waals surface area contributed by atoms with Crippen LogP contribution >= 0.6 is 11.6 Å². The van der Waals surface area contributed by atoms with Crippen molar-refractivity contribution < 1.29 is 0 Å². The van der Waals surface area contributed by atoms with Crippen LogP contribution in [0.2, 0.25) is 5.15 Å². The lowest BCUT2D eigenvalue weighted by molar-refractivity contribution is 0.834. The van der Waals surface area contributed by atoms with Gasteiger partial charge in [-0.1, -0.05) is 23.7 Å². The molecule has 0 bridgehead atoms. The van der Waals surface area contributed by atoms with Gasteiger partial charge in [0.05, 0.1) is 29.5 Å². The highest BCUT2D eigenvalue weighted by atomic mass is 35.5. The van der Waals surface area contributed by atoms with Crippen molar-refractivity contribution in [1.82, 2.24) is 14.5 Å². The van der Waals surface area contributed by atoms with E-state index in [1.807, 2.05) is 38.2 Å². The second-order valence-electron chi connectivity index (χ2n) is 4.76. The van der Waals surface area contributed by atoms with Crippen molar-refractivity contribution in [3.8, 4) is 0 Å². The third kappa shape index (κ3) is 2.34. The first-order chi connectivity index (χ1) is 9.65. The van der Waals surface area contributed by atoms with Crippen molar-refractivity contribution in [1.29, 1.82) is 0 Å². The number of fused-ring (bicyclic) bond motifs is 1. The molecule has 0 aliphatic heterocycles. The molecule has 0 saturated carbocycles. The van der Waals surface area contributed by atoms with E-state index < -0.39 is 0 Å². The minimum Gasteiger partial charge on any atom is -0.377 e. The second kappa shape index (κ2) is 5.13. The van der Waals surface area contributed by atoms with E-state index in [9.17, 15) is 0 Å². The van der Waals surface area contributed by atoms with E-state index >= 15 is 0 Å². The number of anilines is 1. The fraction of sp³-hybridized carbons (Fsp3) is 0.200. The zero-order valence-corrected chi connectivity index (χ0v) is 12.1. The van der Waals surface area contributed by atoms with Crippen molar-refractivity contribution in [2.24, 2.45) is 7.05 Å². The third-order valence-corrected chi connectivity index (χ3v) is 3.74. The van der Waals surface area contributed by atoms with Gasteiger partial charge in [0.25, 0.3) is 0 Å². The topological polar surface area (TPSA) is 42.7 Å². The van der Waals surface area contributed by atoms with Crippen LogP contribution in [-0.2, 0) is 13.6 Å². The van der Waals surface area contributed by atoms with Gasteiger partial charge in [-0.3, -0.25) is 0 Å². The molecule has 1 N–H and O–H groups in total. The molecule has 2 heterocycles. The largest absolute Gasteiger partial charge is 0.377 e. The van der Waals surface area contributed by atoms with Crippen molar-refractivity contribution in [3.63, 3.8) is 0 Å². The van der Waals surface area contributed by atoms with Gasteiger partial charge in [-0.05, 0) is 30.7 Å². The predicted octanol–water partition coefficient (Wildman–Crippen LogP) is 3.54. The number of hydrogen-bond acceptors (Lipinski definition) is 3. The molecule has 1 aromatic carbocycles. The van der Waals surface area contributed by atoms with E-state index in [-0.39, 0.29) is 0 Å². The Labute approximate surface area is 122 Å². The van der Waals surface area contributed by atoms with Crippen LogP contribution in [0.1, 0.15) is 11.4 Å². The summed E-state index contributed by atoms with van der Waals surface area (Å²) in [7, 11) is 2.03. The molecule has 20 heavy (non-hydrogen) atoms. The highest BCUT2D eigenvalue weighted by Gasteiger charge is 2.07. The summed E-state index contributed by atoms with van der Waals surface area (Å²) >= 11 is 5.92. The van der Waals surface area contributed by atoms with Gasteiger partial charge in [0.2, 0.25) is 0 Å². The van der Waals surface area contributed by atoms with Crippen LogP contribution in [0.15, 0.2) is 36.5 Å². The molecule has 102 valence electrons. The number of para-hydroxylation sites is 2. The maximum atomic E-state index is 5.92. The first-order valence-corrected chi connectivity index (χ1v) is 6.79.